The van der Waals surface area contributed by atoms with Gasteiger partial charge in [0.25, 0.3) is 0 Å². The van der Waals surface area contributed by atoms with E-state index in [0.29, 0.717) is 23.6 Å². The zero-order valence-electron chi connectivity index (χ0n) is 16.5. The molecular formula is C22H15ClFN5O3. The summed E-state index contributed by atoms with van der Waals surface area (Å²) in [6.45, 7) is 0.608. The van der Waals surface area contributed by atoms with Crippen LogP contribution in [0.2, 0.25) is 5.02 Å². The van der Waals surface area contributed by atoms with Crippen LogP contribution in [0.15, 0.2) is 54.7 Å². The first-order valence-corrected chi connectivity index (χ1v) is 9.89. The van der Waals surface area contributed by atoms with Crippen LogP contribution in [0, 0.1) is 27.3 Å². The van der Waals surface area contributed by atoms with Gasteiger partial charge in [0.05, 0.1) is 10.6 Å². The van der Waals surface area contributed by atoms with Crippen LogP contribution in [-0.4, -0.2) is 19.5 Å². The van der Waals surface area contributed by atoms with Crippen LogP contribution in [0.25, 0.3) is 11.0 Å². The first-order valence-electron chi connectivity index (χ1n) is 9.51. The highest BCUT2D eigenvalue weighted by atomic mass is 35.5. The number of aryl methyl sites for hydroxylation is 2. The number of fused-ring (bicyclic) bond motifs is 1. The number of aromatic nitrogens is 3. The molecule has 0 atom stereocenters. The molecule has 0 fully saturated rings. The van der Waals surface area contributed by atoms with Crippen molar-refractivity contribution in [2.45, 2.75) is 19.6 Å². The molecule has 2 aromatic heterocycles. The van der Waals surface area contributed by atoms with Gasteiger partial charge in [-0.3, -0.25) is 10.1 Å². The van der Waals surface area contributed by atoms with Gasteiger partial charge in [-0.15, -0.1) is 0 Å². The number of nitro benzene ring substituents is 1. The summed E-state index contributed by atoms with van der Waals surface area (Å²) in [7, 11) is 0. The molecule has 0 saturated heterocycles. The molecule has 10 heteroatoms. The third-order valence-corrected chi connectivity index (χ3v) is 5.11. The molecule has 4 rings (SSSR count). The average molecular weight is 452 g/mol. The van der Waals surface area contributed by atoms with Gasteiger partial charge in [0.1, 0.15) is 24.1 Å². The lowest BCUT2D eigenvalue weighted by atomic mass is 10.1. The minimum absolute atomic E-state index is 0.0493. The highest BCUT2D eigenvalue weighted by molar-refractivity contribution is 6.30. The second-order valence-electron chi connectivity index (χ2n) is 6.91. The lowest BCUT2D eigenvalue weighted by molar-refractivity contribution is -0.387. The maximum absolute atomic E-state index is 13.9. The first-order chi connectivity index (χ1) is 15.4. The largest absolute Gasteiger partial charge is 0.487 e. The third-order valence-electron chi connectivity index (χ3n) is 4.86. The van der Waals surface area contributed by atoms with E-state index in [1.54, 1.807) is 6.20 Å². The van der Waals surface area contributed by atoms with Gasteiger partial charge >= 0.3 is 5.69 Å². The molecule has 0 N–H and O–H groups in total. The van der Waals surface area contributed by atoms with Gasteiger partial charge in [0, 0.05) is 35.3 Å². The molecule has 0 bridgehead atoms. The molecule has 32 heavy (non-hydrogen) atoms. The number of benzene rings is 2. The fourth-order valence-corrected chi connectivity index (χ4v) is 3.42. The second kappa shape index (κ2) is 8.99. The number of ether oxygens (including phenoxy) is 1. The summed E-state index contributed by atoms with van der Waals surface area (Å²) >= 11 is 5.95. The Labute approximate surface area is 186 Å². The maximum Gasteiger partial charge on any atom is 0.305 e. The molecule has 0 aliphatic heterocycles. The van der Waals surface area contributed by atoms with Crippen molar-refractivity contribution in [1.29, 1.82) is 5.26 Å². The van der Waals surface area contributed by atoms with Crippen LogP contribution < -0.4 is 4.74 Å². The summed E-state index contributed by atoms with van der Waals surface area (Å²) in [6, 6.07) is 14.6. The Hall–Kier alpha value is -4.03. The van der Waals surface area contributed by atoms with Crippen LogP contribution >= 0.6 is 11.6 Å². The summed E-state index contributed by atoms with van der Waals surface area (Å²) in [4.78, 5) is 18.3. The molecule has 0 amide bonds. The van der Waals surface area contributed by atoms with Crippen molar-refractivity contribution in [1.82, 2.24) is 14.5 Å². The van der Waals surface area contributed by atoms with Crippen molar-refractivity contribution >= 4 is 28.3 Å². The molecule has 0 saturated carbocycles. The molecule has 8 nitrogen and oxygen atoms in total. The number of hydrogen-bond acceptors (Lipinski definition) is 6. The minimum atomic E-state index is -0.972. The number of nitrogens with zero attached hydrogens (tertiary/aromatic N) is 5. The molecule has 0 aliphatic rings. The molecule has 2 heterocycles. The highest BCUT2D eigenvalue weighted by Gasteiger charge is 2.16. The first kappa shape index (κ1) is 21.2. The van der Waals surface area contributed by atoms with Gasteiger partial charge in [-0.25, -0.2) is 9.97 Å². The van der Waals surface area contributed by atoms with Gasteiger partial charge < -0.3 is 9.30 Å². The molecule has 0 radical (unpaired) electrons. The summed E-state index contributed by atoms with van der Waals surface area (Å²) < 4.78 is 21.5. The Morgan fingerprint density at radius 1 is 1.22 bits per heavy atom. The summed E-state index contributed by atoms with van der Waals surface area (Å²) in [5, 5.41) is 21.3. The van der Waals surface area contributed by atoms with Gasteiger partial charge in [0.2, 0.25) is 11.6 Å². The number of halogens is 2. The SMILES string of the molecule is N#Cc1ncc2cc(COc3ccc([N+](=O)[O-])c(F)c3)n(CCc3ccc(Cl)cc3)c2n1. The minimum Gasteiger partial charge on any atom is -0.487 e. The predicted octanol–water partition coefficient (Wildman–Crippen LogP) is 4.83. The standard InChI is InChI=1S/C22H15ClFN5O3/c23-16-3-1-14(2-4-16)7-8-28-17(9-15-12-26-21(11-25)27-22(15)28)13-32-18-5-6-20(29(30)31)19(24)10-18/h1-6,9-10,12H,7-8,13H2. The van der Waals surface area contributed by atoms with Crippen LogP contribution in [0.3, 0.4) is 0 Å². The van der Waals surface area contributed by atoms with Crippen molar-refractivity contribution in [3.8, 4) is 11.8 Å². The van der Waals surface area contributed by atoms with E-state index in [4.69, 9.17) is 21.6 Å². The van der Waals surface area contributed by atoms with Crippen molar-refractivity contribution in [3.05, 3.63) is 92.8 Å². The van der Waals surface area contributed by atoms with Gasteiger partial charge in [-0.2, -0.15) is 9.65 Å². The van der Waals surface area contributed by atoms with Crippen molar-refractivity contribution in [2.24, 2.45) is 0 Å². The zero-order chi connectivity index (χ0) is 22.7. The average Bonchev–Trinajstić information content (AvgIpc) is 3.13. The van der Waals surface area contributed by atoms with Crippen LogP contribution in [0.5, 0.6) is 5.75 Å². The third kappa shape index (κ3) is 4.50. The fraction of sp³-hybridized carbons (Fsp3) is 0.136. The molecule has 4 aromatic rings. The molecular weight excluding hydrogens is 437 g/mol. The predicted molar refractivity (Wildman–Crippen MR) is 115 cm³/mol. The van der Waals surface area contributed by atoms with Crippen molar-refractivity contribution < 1.29 is 14.1 Å². The Kier molecular flexibility index (Phi) is 5.96. The van der Waals surface area contributed by atoms with E-state index in [-0.39, 0.29) is 18.2 Å². The second-order valence-corrected chi connectivity index (χ2v) is 7.34. The number of hydrogen-bond donors (Lipinski definition) is 0. The van der Waals surface area contributed by atoms with E-state index in [2.05, 4.69) is 9.97 Å². The van der Waals surface area contributed by atoms with E-state index in [0.717, 1.165) is 28.8 Å². The summed E-state index contributed by atoms with van der Waals surface area (Å²) in [5.41, 5.74) is 1.76. The molecule has 0 unspecified atom stereocenters. The van der Waals surface area contributed by atoms with Crippen molar-refractivity contribution in [3.63, 3.8) is 0 Å². The van der Waals surface area contributed by atoms with E-state index >= 15 is 0 Å². The quantitative estimate of drug-likeness (QED) is 0.294. The van der Waals surface area contributed by atoms with Crippen LogP contribution in [-0.2, 0) is 19.6 Å². The van der Waals surface area contributed by atoms with Crippen LogP contribution in [0.4, 0.5) is 10.1 Å². The van der Waals surface area contributed by atoms with E-state index in [1.807, 2.05) is 41.0 Å². The normalized spacial score (nSPS) is 10.8. The smallest absolute Gasteiger partial charge is 0.305 e. The molecule has 0 aliphatic carbocycles. The Morgan fingerprint density at radius 3 is 2.69 bits per heavy atom. The lowest BCUT2D eigenvalue weighted by Crippen LogP contribution is -2.09. The maximum atomic E-state index is 13.9. The van der Waals surface area contributed by atoms with Crippen molar-refractivity contribution in [2.75, 3.05) is 0 Å². The Morgan fingerprint density at radius 2 is 2.00 bits per heavy atom. The van der Waals surface area contributed by atoms with Gasteiger partial charge in [0.15, 0.2) is 0 Å². The highest BCUT2D eigenvalue weighted by Crippen LogP contribution is 2.25. The molecule has 160 valence electrons. The number of rotatable bonds is 7. The molecule has 0 spiro atoms. The summed E-state index contributed by atoms with van der Waals surface area (Å²) in [6.07, 6.45) is 2.24. The van der Waals surface area contributed by atoms with Crippen LogP contribution in [0.1, 0.15) is 17.1 Å². The fourth-order valence-electron chi connectivity index (χ4n) is 3.29. The summed E-state index contributed by atoms with van der Waals surface area (Å²) in [5.74, 6) is -0.764. The van der Waals surface area contributed by atoms with Gasteiger partial charge in [-0.05, 0) is 36.2 Å². The molecule has 2 aromatic carbocycles. The van der Waals surface area contributed by atoms with E-state index < -0.39 is 16.4 Å². The lowest BCUT2D eigenvalue weighted by Gasteiger charge is -2.12. The topological polar surface area (TPSA) is 107 Å². The number of nitro groups is 1. The zero-order valence-corrected chi connectivity index (χ0v) is 17.3. The Bertz CT molecular complexity index is 1350. The monoisotopic (exact) mass is 451 g/mol. The van der Waals surface area contributed by atoms with E-state index in [1.165, 1.54) is 6.07 Å². The number of nitriles is 1. The van der Waals surface area contributed by atoms with E-state index in [9.17, 15) is 14.5 Å². The van der Waals surface area contributed by atoms with Gasteiger partial charge in [-0.1, -0.05) is 23.7 Å². The Balaban J connectivity index is 1.61.